The van der Waals surface area contributed by atoms with Crippen LogP contribution in [0.15, 0.2) is 34.9 Å². The maximum Gasteiger partial charge on any atom is 0.243 e. The molecule has 118 valence electrons. The summed E-state index contributed by atoms with van der Waals surface area (Å²) in [7, 11) is 0. The van der Waals surface area contributed by atoms with Gasteiger partial charge in [-0.2, -0.15) is 4.98 Å². The summed E-state index contributed by atoms with van der Waals surface area (Å²) < 4.78 is 5.27. The first kappa shape index (κ1) is 15.2. The van der Waals surface area contributed by atoms with Crippen molar-refractivity contribution >= 4 is 0 Å². The Bertz CT molecular complexity index is 591. The molecule has 1 aliphatic heterocycles. The highest BCUT2D eigenvalue weighted by Crippen LogP contribution is 2.33. The number of hydrogen-bond donors (Lipinski definition) is 1. The van der Waals surface area contributed by atoms with Crippen molar-refractivity contribution in [1.29, 1.82) is 0 Å². The minimum atomic E-state index is -0.371. The Balaban J connectivity index is 1.58. The number of aromatic nitrogens is 2. The van der Waals surface area contributed by atoms with E-state index in [9.17, 15) is 5.11 Å². The number of aliphatic hydroxyl groups excluding tert-OH is 1. The van der Waals surface area contributed by atoms with Crippen LogP contribution in [0.3, 0.4) is 0 Å². The topological polar surface area (TPSA) is 62.4 Å². The number of aryl methyl sites for hydroxylation is 1. The van der Waals surface area contributed by atoms with E-state index < -0.39 is 0 Å². The van der Waals surface area contributed by atoms with Crippen molar-refractivity contribution in [2.75, 3.05) is 13.1 Å². The molecule has 0 amide bonds. The van der Waals surface area contributed by atoms with Gasteiger partial charge in [0.05, 0.1) is 12.1 Å². The molecule has 1 fully saturated rings. The van der Waals surface area contributed by atoms with E-state index in [1.165, 1.54) is 0 Å². The molecule has 3 rings (SSSR count). The van der Waals surface area contributed by atoms with Crippen LogP contribution >= 0.6 is 0 Å². The van der Waals surface area contributed by atoms with Gasteiger partial charge in [0.15, 0.2) is 5.82 Å². The first-order valence-corrected chi connectivity index (χ1v) is 7.92. The first-order valence-electron chi connectivity index (χ1n) is 7.92. The number of aliphatic hydroxyl groups is 1. The van der Waals surface area contributed by atoms with E-state index in [0.717, 1.165) is 31.5 Å². The third-order valence-electron chi connectivity index (χ3n) is 4.61. The zero-order chi connectivity index (χ0) is 15.5. The fourth-order valence-corrected chi connectivity index (χ4v) is 3.18. The second kappa shape index (κ2) is 6.58. The standard InChI is InChI=1S/C17H23N3O2/c1-12(17-18-13(2)19-22-17)20-10-8-15(9-11-20)16(21)14-6-4-3-5-7-14/h3-7,12,15-16,21H,8-11H2,1-2H3. The Hall–Kier alpha value is -1.72. The second-order valence-corrected chi connectivity index (χ2v) is 6.08. The van der Waals surface area contributed by atoms with Gasteiger partial charge in [-0.15, -0.1) is 0 Å². The van der Waals surface area contributed by atoms with E-state index in [4.69, 9.17) is 4.52 Å². The summed E-state index contributed by atoms with van der Waals surface area (Å²) in [4.78, 5) is 6.67. The van der Waals surface area contributed by atoms with Crippen LogP contribution in [0.25, 0.3) is 0 Å². The molecule has 1 aromatic heterocycles. The molecule has 0 radical (unpaired) electrons. The van der Waals surface area contributed by atoms with Gasteiger partial charge in [-0.3, -0.25) is 4.90 Å². The molecular formula is C17H23N3O2. The predicted molar refractivity (Wildman–Crippen MR) is 83.1 cm³/mol. The molecule has 1 N–H and O–H groups in total. The Kier molecular flexibility index (Phi) is 4.55. The number of nitrogens with zero attached hydrogens (tertiary/aromatic N) is 3. The van der Waals surface area contributed by atoms with Crippen LogP contribution in [0.5, 0.6) is 0 Å². The quantitative estimate of drug-likeness (QED) is 0.941. The Labute approximate surface area is 131 Å². The fourth-order valence-electron chi connectivity index (χ4n) is 3.18. The van der Waals surface area contributed by atoms with Crippen LogP contribution in [0.1, 0.15) is 49.2 Å². The lowest BCUT2D eigenvalue weighted by Crippen LogP contribution is -2.37. The van der Waals surface area contributed by atoms with Gasteiger partial charge in [0.1, 0.15) is 0 Å². The molecule has 5 nitrogen and oxygen atoms in total. The molecule has 2 atom stereocenters. The van der Waals surface area contributed by atoms with Crippen LogP contribution in [-0.4, -0.2) is 33.2 Å². The van der Waals surface area contributed by atoms with Crippen LogP contribution < -0.4 is 0 Å². The highest BCUT2D eigenvalue weighted by molar-refractivity contribution is 5.18. The summed E-state index contributed by atoms with van der Waals surface area (Å²) in [5.41, 5.74) is 1.02. The Morgan fingerprint density at radius 1 is 1.23 bits per heavy atom. The van der Waals surface area contributed by atoms with Crippen LogP contribution in [0.2, 0.25) is 0 Å². The van der Waals surface area contributed by atoms with Crippen molar-refractivity contribution in [3.63, 3.8) is 0 Å². The highest BCUT2D eigenvalue weighted by Gasteiger charge is 2.30. The van der Waals surface area contributed by atoms with Crippen LogP contribution in [0, 0.1) is 12.8 Å². The van der Waals surface area contributed by atoms with E-state index in [-0.39, 0.29) is 12.1 Å². The number of hydrogen-bond acceptors (Lipinski definition) is 5. The van der Waals surface area contributed by atoms with Crippen molar-refractivity contribution in [3.05, 3.63) is 47.6 Å². The third-order valence-corrected chi connectivity index (χ3v) is 4.61. The van der Waals surface area contributed by atoms with Gasteiger partial charge in [-0.25, -0.2) is 0 Å². The molecule has 0 spiro atoms. The van der Waals surface area contributed by atoms with Crippen molar-refractivity contribution < 1.29 is 9.63 Å². The monoisotopic (exact) mass is 301 g/mol. The van der Waals surface area contributed by atoms with E-state index in [1.807, 2.05) is 37.3 Å². The molecule has 0 aliphatic carbocycles. The van der Waals surface area contributed by atoms with Gasteiger partial charge in [0.2, 0.25) is 5.89 Å². The van der Waals surface area contributed by atoms with Crippen LogP contribution in [-0.2, 0) is 0 Å². The molecule has 0 saturated carbocycles. The maximum atomic E-state index is 10.5. The molecule has 2 heterocycles. The molecule has 1 aliphatic rings. The average Bonchev–Trinajstić information content (AvgIpc) is 3.01. The minimum absolute atomic E-state index is 0.135. The van der Waals surface area contributed by atoms with Gasteiger partial charge in [-0.05, 0) is 51.3 Å². The molecule has 1 aromatic carbocycles. The minimum Gasteiger partial charge on any atom is -0.388 e. The predicted octanol–water partition coefficient (Wildman–Crippen LogP) is 2.88. The Morgan fingerprint density at radius 3 is 2.50 bits per heavy atom. The van der Waals surface area contributed by atoms with Crippen molar-refractivity contribution in [1.82, 2.24) is 15.0 Å². The lowest BCUT2D eigenvalue weighted by Gasteiger charge is -2.36. The average molecular weight is 301 g/mol. The molecular weight excluding hydrogens is 278 g/mol. The Morgan fingerprint density at radius 2 is 1.91 bits per heavy atom. The summed E-state index contributed by atoms with van der Waals surface area (Å²) in [6, 6.07) is 10.1. The third kappa shape index (κ3) is 3.20. The van der Waals surface area contributed by atoms with Crippen molar-refractivity contribution in [2.45, 2.75) is 38.8 Å². The van der Waals surface area contributed by atoms with Crippen LogP contribution in [0.4, 0.5) is 0 Å². The highest BCUT2D eigenvalue weighted by atomic mass is 16.5. The van der Waals surface area contributed by atoms with Gasteiger partial charge >= 0.3 is 0 Å². The normalized spacial score (nSPS) is 20.0. The number of benzene rings is 1. The molecule has 2 unspecified atom stereocenters. The maximum absolute atomic E-state index is 10.5. The number of piperidine rings is 1. The zero-order valence-corrected chi connectivity index (χ0v) is 13.1. The van der Waals surface area contributed by atoms with E-state index in [0.29, 0.717) is 17.6 Å². The summed E-state index contributed by atoms with van der Waals surface area (Å²) in [5.74, 6) is 1.67. The first-order chi connectivity index (χ1) is 10.6. The van der Waals surface area contributed by atoms with E-state index in [2.05, 4.69) is 22.0 Å². The summed E-state index contributed by atoms with van der Waals surface area (Å²) in [5, 5.41) is 14.4. The van der Waals surface area contributed by atoms with Crippen molar-refractivity contribution in [2.24, 2.45) is 5.92 Å². The molecule has 22 heavy (non-hydrogen) atoms. The summed E-state index contributed by atoms with van der Waals surface area (Å²) in [6.07, 6.45) is 1.59. The van der Waals surface area contributed by atoms with E-state index in [1.54, 1.807) is 0 Å². The molecule has 0 bridgehead atoms. The molecule has 5 heteroatoms. The zero-order valence-electron chi connectivity index (χ0n) is 13.1. The smallest absolute Gasteiger partial charge is 0.243 e. The van der Waals surface area contributed by atoms with Gasteiger partial charge in [0.25, 0.3) is 0 Å². The SMILES string of the molecule is Cc1noc(C(C)N2CCC(C(O)c3ccccc3)CC2)n1. The number of rotatable bonds is 4. The van der Waals surface area contributed by atoms with Gasteiger partial charge in [-0.1, -0.05) is 35.5 Å². The number of likely N-dealkylation sites (tertiary alicyclic amines) is 1. The summed E-state index contributed by atoms with van der Waals surface area (Å²) in [6.45, 7) is 5.82. The van der Waals surface area contributed by atoms with Gasteiger partial charge < -0.3 is 9.63 Å². The fraction of sp³-hybridized carbons (Fsp3) is 0.529. The lowest BCUT2D eigenvalue weighted by atomic mass is 9.87. The lowest BCUT2D eigenvalue weighted by molar-refractivity contribution is 0.0420. The largest absolute Gasteiger partial charge is 0.388 e. The van der Waals surface area contributed by atoms with Crippen molar-refractivity contribution in [3.8, 4) is 0 Å². The second-order valence-electron chi connectivity index (χ2n) is 6.08. The molecule has 1 saturated heterocycles. The van der Waals surface area contributed by atoms with E-state index >= 15 is 0 Å². The molecule has 2 aromatic rings. The summed E-state index contributed by atoms with van der Waals surface area (Å²) >= 11 is 0. The van der Waals surface area contributed by atoms with Gasteiger partial charge in [0, 0.05) is 0 Å².